The van der Waals surface area contributed by atoms with Crippen LogP contribution in [0.5, 0.6) is 28.7 Å². The molecule has 0 saturated carbocycles. The van der Waals surface area contributed by atoms with E-state index in [1.54, 1.807) is 6.92 Å². The highest BCUT2D eigenvalue weighted by atomic mass is 16.5. The van der Waals surface area contributed by atoms with Gasteiger partial charge in [-0.2, -0.15) is 0 Å². The largest absolute Gasteiger partial charge is 0.508 e. The van der Waals surface area contributed by atoms with Crippen LogP contribution in [0.4, 0.5) is 0 Å². The number of phenolic OH excluding ortho intramolecular Hbond substituents is 4. The van der Waals surface area contributed by atoms with Gasteiger partial charge in [0.1, 0.15) is 11.5 Å². The lowest BCUT2D eigenvalue weighted by Gasteiger charge is -2.12. The number of carbonyl (C=O) groups is 1. The first-order chi connectivity index (χ1) is 9.95. The smallest absolute Gasteiger partial charge is 0.203 e. The Hall–Kier alpha value is -2.89. The number of ketones is 1. The van der Waals surface area contributed by atoms with Gasteiger partial charge in [0.2, 0.25) is 11.5 Å². The van der Waals surface area contributed by atoms with Gasteiger partial charge in [0.25, 0.3) is 0 Å². The fourth-order valence-electron chi connectivity index (χ4n) is 1.89. The SMILES string of the molecule is CCOc1c(O)ccc(C(=O)c2ccc(O)cc2O)c1O. The van der Waals surface area contributed by atoms with Gasteiger partial charge in [0, 0.05) is 6.07 Å². The lowest BCUT2D eigenvalue weighted by Crippen LogP contribution is -2.03. The monoisotopic (exact) mass is 290 g/mol. The molecule has 2 rings (SSSR count). The summed E-state index contributed by atoms with van der Waals surface area (Å²) in [6.07, 6.45) is 0. The molecule has 0 radical (unpaired) electrons. The van der Waals surface area contributed by atoms with Crippen molar-refractivity contribution < 1.29 is 30.0 Å². The summed E-state index contributed by atoms with van der Waals surface area (Å²) in [6.45, 7) is 1.86. The second kappa shape index (κ2) is 5.62. The lowest BCUT2D eigenvalue weighted by molar-refractivity contribution is 0.103. The van der Waals surface area contributed by atoms with Gasteiger partial charge in [0.05, 0.1) is 17.7 Å². The topological polar surface area (TPSA) is 107 Å². The summed E-state index contributed by atoms with van der Waals surface area (Å²) in [5, 5.41) is 38.6. The van der Waals surface area contributed by atoms with Crippen molar-refractivity contribution in [2.75, 3.05) is 6.61 Å². The normalized spacial score (nSPS) is 10.3. The average molecular weight is 290 g/mol. The predicted molar refractivity (Wildman–Crippen MR) is 74.1 cm³/mol. The highest BCUT2D eigenvalue weighted by Crippen LogP contribution is 2.40. The molecule has 4 N–H and O–H groups in total. The van der Waals surface area contributed by atoms with E-state index >= 15 is 0 Å². The first-order valence-electron chi connectivity index (χ1n) is 6.20. The highest BCUT2D eigenvalue weighted by Gasteiger charge is 2.22. The Morgan fingerprint density at radius 2 is 1.67 bits per heavy atom. The van der Waals surface area contributed by atoms with Crippen molar-refractivity contribution in [3.05, 3.63) is 41.5 Å². The van der Waals surface area contributed by atoms with E-state index in [9.17, 15) is 25.2 Å². The van der Waals surface area contributed by atoms with Crippen LogP contribution >= 0.6 is 0 Å². The minimum atomic E-state index is -0.661. The third-order valence-electron chi connectivity index (χ3n) is 2.87. The lowest BCUT2D eigenvalue weighted by atomic mass is 10.0. The molecule has 6 nitrogen and oxygen atoms in total. The number of hydrogen-bond acceptors (Lipinski definition) is 6. The van der Waals surface area contributed by atoms with E-state index in [1.807, 2.05) is 0 Å². The summed E-state index contributed by atoms with van der Waals surface area (Å²) in [4.78, 5) is 12.3. The van der Waals surface area contributed by atoms with Crippen LogP contribution in [0.15, 0.2) is 30.3 Å². The van der Waals surface area contributed by atoms with Crippen molar-refractivity contribution in [2.24, 2.45) is 0 Å². The Labute approximate surface area is 120 Å². The van der Waals surface area contributed by atoms with Crippen LogP contribution in [0.1, 0.15) is 22.8 Å². The fraction of sp³-hybridized carbons (Fsp3) is 0.133. The minimum absolute atomic E-state index is 0.0868. The van der Waals surface area contributed by atoms with Crippen molar-refractivity contribution in [2.45, 2.75) is 6.92 Å². The standard InChI is InChI=1S/C15H14O6/c1-2-21-15-11(17)6-5-10(14(15)20)13(19)9-4-3-8(16)7-12(9)18/h3-7,16-18,20H,2H2,1H3. The van der Waals surface area contributed by atoms with E-state index in [0.717, 1.165) is 6.07 Å². The van der Waals surface area contributed by atoms with E-state index in [1.165, 1.54) is 24.3 Å². The predicted octanol–water partition coefficient (Wildman–Crippen LogP) is 2.14. The summed E-state index contributed by atoms with van der Waals surface area (Å²) >= 11 is 0. The van der Waals surface area contributed by atoms with Crippen LogP contribution in [0.2, 0.25) is 0 Å². The summed E-state index contributed by atoms with van der Waals surface area (Å²) in [7, 11) is 0. The van der Waals surface area contributed by atoms with Gasteiger partial charge in [-0.05, 0) is 31.2 Å². The van der Waals surface area contributed by atoms with Crippen LogP contribution in [-0.2, 0) is 0 Å². The van der Waals surface area contributed by atoms with Gasteiger partial charge < -0.3 is 25.2 Å². The number of carbonyl (C=O) groups excluding carboxylic acids is 1. The van der Waals surface area contributed by atoms with Crippen molar-refractivity contribution in [1.82, 2.24) is 0 Å². The summed E-state index contributed by atoms with van der Waals surface area (Å²) in [5.74, 6) is -2.25. The Morgan fingerprint density at radius 3 is 2.29 bits per heavy atom. The first kappa shape index (κ1) is 14.5. The Bertz CT molecular complexity index is 693. The van der Waals surface area contributed by atoms with Crippen molar-refractivity contribution >= 4 is 5.78 Å². The molecule has 21 heavy (non-hydrogen) atoms. The second-order valence-corrected chi connectivity index (χ2v) is 4.27. The molecule has 0 bridgehead atoms. The quantitative estimate of drug-likeness (QED) is 0.643. The van der Waals surface area contributed by atoms with E-state index in [4.69, 9.17) is 4.74 Å². The van der Waals surface area contributed by atoms with Crippen molar-refractivity contribution in [3.63, 3.8) is 0 Å². The number of benzene rings is 2. The van der Waals surface area contributed by atoms with Gasteiger partial charge >= 0.3 is 0 Å². The fourth-order valence-corrected chi connectivity index (χ4v) is 1.89. The maximum absolute atomic E-state index is 12.3. The van der Waals surface area contributed by atoms with Crippen LogP contribution in [0, 0.1) is 0 Å². The average Bonchev–Trinajstić information content (AvgIpc) is 2.43. The highest BCUT2D eigenvalue weighted by molar-refractivity contribution is 6.12. The number of ether oxygens (including phenoxy) is 1. The molecule has 0 aliphatic heterocycles. The van der Waals surface area contributed by atoms with E-state index in [0.29, 0.717) is 0 Å². The number of phenols is 4. The van der Waals surface area contributed by atoms with Gasteiger partial charge in [-0.25, -0.2) is 0 Å². The summed E-state index contributed by atoms with van der Waals surface area (Å²) < 4.78 is 5.09. The Balaban J connectivity index is 2.51. The zero-order chi connectivity index (χ0) is 15.6. The molecule has 0 aliphatic carbocycles. The molecule has 0 amide bonds. The third kappa shape index (κ3) is 2.69. The molecule has 0 spiro atoms. The van der Waals surface area contributed by atoms with Crippen molar-refractivity contribution in [3.8, 4) is 28.7 Å². The molecule has 6 heteroatoms. The zero-order valence-corrected chi connectivity index (χ0v) is 11.2. The molecule has 0 saturated heterocycles. The number of aromatic hydroxyl groups is 4. The van der Waals surface area contributed by atoms with E-state index < -0.39 is 17.3 Å². The van der Waals surface area contributed by atoms with Crippen LogP contribution < -0.4 is 4.74 Å². The third-order valence-corrected chi connectivity index (χ3v) is 2.87. The summed E-state index contributed by atoms with van der Waals surface area (Å²) in [6, 6.07) is 5.94. The Kier molecular flexibility index (Phi) is 3.89. The zero-order valence-electron chi connectivity index (χ0n) is 11.2. The molecular weight excluding hydrogens is 276 g/mol. The van der Waals surface area contributed by atoms with Gasteiger partial charge in [-0.1, -0.05) is 0 Å². The molecule has 2 aromatic rings. The van der Waals surface area contributed by atoms with Crippen LogP contribution in [-0.4, -0.2) is 32.8 Å². The van der Waals surface area contributed by atoms with Gasteiger partial charge in [-0.3, -0.25) is 4.79 Å². The first-order valence-corrected chi connectivity index (χ1v) is 6.20. The van der Waals surface area contributed by atoms with E-state index in [-0.39, 0.29) is 35.0 Å². The maximum atomic E-state index is 12.3. The molecule has 0 heterocycles. The second-order valence-electron chi connectivity index (χ2n) is 4.27. The van der Waals surface area contributed by atoms with E-state index in [2.05, 4.69) is 0 Å². The molecule has 0 atom stereocenters. The molecule has 2 aromatic carbocycles. The Morgan fingerprint density at radius 1 is 1.00 bits per heavy atom. The number of hydrogen-bond donors (Lipinski definition) is 4. The number of rotatable bonds is 4. The molecule has 0 fully saturated rings. The molecule has 0 unspecified atom stereocenters. The molecule has 110 valence electrons. The maximum Gasteiger partial charge on any atom is 0.203 e. The molecular formula is C15H14O6. The minimum Gasteiger partial charge on any atom is -0.508 e. The van der Waals surface area contributed by atoms with Crippen molar-refractivity contribution in [1.29, 1.82) is 0 Å². The van der Waals surface area contributed by atoms with Crippen LogP contribution in [0.25, 0.3) is 0 Å². The van der Waals surface area contributed by atoms with Gasteiger partial charge in [-0.15, -0.1) is 0 Å². The van der Waals surface area contributed by atoms with Crippen LogP contribution in [0.3, 0.4) is 0 Å². The molecule has 0 aromatic heterocycles. The summed E-state index contributed by atoms with van der Waals surface area (Å²) in [5.41, 5.74) is -0.214. The molecule has 0 aliphatic rings. The van der Waals surface area contributed by atoms with Gasteiger partial charge in [0.15, 0.2) is 11.5 Å².